The fourth-order valence-corrected chi connectivity index (χ4v) is 2.42. The van der Waals surface area contributed by atoms with Gasteiger partial charge in [0.2, 0.25) is 0 Å². The van der Waals surface area contributed by atoms with Crippen LogP contribution >= 0.6 is 0 Å². The Bertz CT molecular complexity index is 404. The third kappa shape index (κ3) is 2.71. The Morgan fingerprint density at radius 1 is 1.24 bits per heavy atom. The zero-order valence-electron chi connectivity index (χ0n) is 11.2. The molecule has 0 saturated heterocycles. The lowest BCUT2D eigenvalue weighted by molar-refractivity contribution is 0.160. The summed E-state index contributed by atoms with van der Waals surface area (Å²) in [6.07, 6.45) is 8.34. The van der Waals surface area contributed by atoms with Gasteiger partial charge in [0.05, 0.1) is 0 Å². The predicted molar refractivity (Wildman–Crippen MR) is 74.6 cm³/mol. The van der Waals surface area contributed by atoms with E-state index < -0.39 is 0 Å². The highest BCUT2D eigenvalue weighted by molar-refractivity contribution is 5.55. The smallest absolute Gasteiger partial charge is 0.0435 e. The van der Waals surface area contributed by atoms with Gasteiger partial charge in [-0.15, -0.1) is 0 Å². The number of fused-ring (bicyclic) bond motifs is 1. The summed E-state index contributed by atoms with van der Waals surface area (Å²) in [4.78, 5) is 2.48. The van der Waals surface area contributed by atoms with Crippen molar-refractivity contribution >= 4 is 6.08 Å². The first kappa shape index (κ1) is 12.2. The average molecular weight is 229 g/mol. The largest absolute Gasteiger partial charge is 0.368 e. The van der Waals surface area contributed by atoms with Crippen molar-refractivity contribution in [1.29, 1.82) is 0 Å². The highest BCUT2D eigenvalue weighted by Crippen LogP contribution is 2.29. The van der Waals surface area contributed by atoms with Gasteiger partial charge in [0.1, 0.15) is 0 Å². The quantitative estimate of drug-likeness (QED) is 0.737. The maximum atomic E-state index is 2.48. The van der Waals surface area contributed by atoms with Crippen LogP contribution in [0, 0.1) is 0 Å². The van der Waals surface area contributed by atoms with Crippen molar-refractivity contribution in [2.24, 2.45) is 0 Å². The van der Waals surface area contributed by atoms with Gasteiger partial charge in [-0.1, -0.05) is 44.0 Å². The molecule has 1 aliphatic rings. The first-order chi connectivity index (χ1) is 8.13. The van der Waals surface area contributed by atoms with E-state index in [2.05, 4.69) is 62.2 Å². The van der Waals surface area contributed by atoms with Crippen LogP contribution in [0.25, 0.3) is 6.08 Å². The molecule has 0 unspecified atom stereocenters. The molecule has 0 amide bonds. The molecule has 1 nitrogen and oxygen atoms in total. The summed E-state index contributed by atoms with van der Waals surface area (Å²) in [7, 11) is 0. The molecule has 17 heavy (non-hydrogen) atoms. The van der Waals surface area contributed by atoms with Crippen molar-refractivity contribution in [1.82, 2.24) is 4.90 Å². The molecular formula is C16H23N. The number of nitrogens with zero attached hydrogens (tertiary/aromatic N) is 1. The molecule has 0 spiro atoms. The van der Waals surface area contributed by atoms with Crippen molar-refractivity contribution in [2.75, 3.05) is 0 Å². The number of hydrogen-bond donors (Lipinski definition) is 0. The average Bonchev–Trinajstić information content (AvgIpc) is 2.36. The number of rotatable bonds is 4. The Morgan fingerprint density at radius 2 is 2.00 bits per heavy atom. The van der Waals surface area contributed by atoms with Gasteiger partial charge in [-0.2, -0.15) is 0 Å². The lowest BCUT2D eigenvalue weighted by Gasteiger charge is -2.40. The van der Waals surface area contributed by atoms with Crippen LogP contribution < -0.4 is 0 Å². The molecular weight excluding hydrogens is 206 g/mol. The zero-order valence-corrected chi connectivity index (χ0v) is 11.2. The molecule has 1 aliphatic heterocycles. The summed E-state index contributed by atoms with van der Waals surface area (Å²) in [6, 6.07) is 8.68. The van der Waals surface area contributed by atoms with E-state index in [9.17, 15) is 0 Å². The summed E-state index contributed by atoms with van der Waals surface area (Å²) in [5, 5.41) is 0. The minimum atomic E-state index is 0.264. The number of benzene rings is 1. The van der Waals surface area contributed by atoms with Crippen LogP contribution in [0.4, 0.5) is 0 Å². The van der Waals surface area contributed by atoms with Gasteiger partial charge in [-0.3, -0.25) is 0 Å². The van der Waals surface area contributed by atoms with E-state index in [1.165, 1.54) is 30.4 Å². The third-order valence-corrected chi connectivity index (χ3v) is 3.75. The Kier molecular flexibility index (Phi) is 3.56. The van der Waals surface area contributed by atoms with Crippen molar-refractivity contribution in [3.8, 4) is 0 Å². The van der Waals surface area contributed by atoms with Crippen LogP contribution in [0.3, 0.4) is 0 Å². The van der Waals surface area contributed by atoms with Crippen LogP contribution in [0.5, 0.6) is 0 Å². The molecule has 1 heterocycles. The highest BCUT2D eigenvalue weighted by Gasteiger charge is 2.25. The lowest BCUT2D eigenvalue weighted by atomic mass is 9.92. The second-order valence-electron chi connectivity index (χ2n) is 5.56. The standard InChI is InChI=1S/C16H23N/c1-4-5-11-16(2,3)17-12-10-14-8-6-7-9-15(14)13-17/h6-10,12H,4-5,11,13H2,1-3H3. The van der Waals surface area contributed by atoms with E-state index in [4.69, 9.17) is 0 Å². The van der Waals surface area contributed by atoms with Gasteiger partial charge in [0.15, 0.2) is 0 Å². The van der Waals surface area contributed by atoms with E-state index in [1.807, 2.05) is 0 Å². The molecule has 1 heteroatoms. The maximum Gasteiger partial charge on any atom is 0.0435 e. The molecule has 0 radical (unpaired) electrons. The van der Waals surface area contributed by atoms with Crippen LogP contribution in [-0.2, 0) is 6.54 Å². The first-order valence-corrected chi connectivity index (χ1v) is 6.66. The van der Waals surface area contributed by atoms with E-state index in [-0.39, 0.29) is 5.54 Å². The molecule has 0 fully saturated rings. The SMILES string of the molecule is CCCCC(C)(C)N1C=Cc2ccccc2C1. The summed E-state index contributed by atoms with van der Waals surface area (Å²) in [5.41, 5.74) is 3.08. The van der Waals surface area contributed by atoms with Crippen molar-refractivity contribution in [3.63, 3.8) is 0 Å². The number of unbranched alkanes of at least 4 members (excludes halogenated alkanes) is 1. The van der Waals surface area contributed by atoms with Crippen LogP contribution in [0.2, 0.25) is 0 Å². The second-order valence-corrected chi connectivity index (χ2v) is 5.56. The normalized spacial score (nSPS) is 14.9. The second kappa shape index (κ2) is 4.95. The molecule has 92 valence electrons. The van der Waals surface area contributed by atoms with E-state index in [1.54, 1.807) is 0 Å². The Hall–Kier alpha value is -1.24. The minimum absolute atomic E-state index is 0.264. The Morgan fingerprint density at radius 3 is 2.76 bits per heavy atom. The van der Waals surface area contributed by atoms with Gasteiger partial charge in [0.25, 0.3) is 0 Å². The van der Waals surface area contributed by atoms with Gasteiger partial charge >= 0.3 is 0 Å². The summed E-state index contributed by atoms with van der Waals surface area (Å²) < 4.78 is 0. The van der Waals surface area contributed by atoms with Crippen molar-refractivity contribution in [2.45, 2.75) is 52.1 Å². The van der Waals surface area contributed by atoms with Gasteiger partial charge in [-0.25, -0.2) is 0 Å². The van der Waals surface area contributed by atoms with Gasteiger partial charge < -0.3 is 4.90 Å². The topological polar surface area (TPSA) is 3.24 Å². The van der Waals surface area contributed by atoms with E-state index >= 15 is 0 Å². The molecule has 0 aromatic heterocycles. The third-order valence-electron chi connectivity index (χ3n) is 3.75. The van der Waals surface area contributed by atoms with E-state index in [0.717, 1.165) is 6.54 Å². The van der Waals surface area contributed by atoms with Gasteiger partial charge in [-0.05, 0) is 37.5 Å². The van der Waals surface area contributed by atoms with Crippen molar-refractivity contribution < 1.29 is 0 Å². The fourth-order valence-electron chi connectivity index (χ4n) is 2.42. The maximum absolute atomic E-state index is 2.48. The Balaban J connectivity index is 2.12. The molecule has 0 saturated carbocycles. The predicted octanol–water partition coefficient (Wildman–Crippen LogP) is 4.44. The monoisotopic (exact) mass is 229 g/mol. The van der Waals surface area contributed by atoms with Crippen LogP contribution in [-0.4, -0.2) is 10.4 Å². The van der Waals surface area contributed by atoms with Gasteiger partial charge in [0, 0.05) is 18.3 Å². The molecule has 1 aromatic carbocycles. The first-order valence-electron chi connectivity index (χ1n) is 6.66. The summed E-state index contributed by atoms with van der Waals surface area (Å²) in [5.74, 6) is 0. The molecule has 1 aromatic rings. The van der Waals surface area contributed by atoms with Crippen LogP contribution in [0.15, 0.2) is 30.5 Å². The minimum Gasteiger partial charge on any atom is -0.368 e. The lowest BCUT2D eigenvalue weighted by Crippen LogP contribution is -2.40. The fraction of sp³-hybridized carbons (Fsp3) is 0.500. The van der Waals surface area contributed by atoms with Crippen LogP contribution in [0.1, 0.15) is 51.2 Å². The molecule has 0 bridgehead atoms. The molecule has 0 N–H and O–H groups in total. The van der Waals surface area contributed by atoms with E-state index in [0.29, 0.717) is 0 Å². The summed E-state index contributed by atoms with van der Waals surface area (Å²) in [6.45, 7) is 8.00. The molecule has 0 atom stereocenters. The molecule has 2 rings (SSSR count). The Labute approximate surface area is 105 Å². The number of hydrogen-bond acceptors (Lipinski definition) is 1. The highest BCUT2D eigenvalue weighted by atomic mass is 15.2. The zero-order chi connectivity index (χ0) is 12.3. The van der Waals surface area contributed by atoms with Crippen molar-refractivity contribution in [3.05, 3.63) is 41.6 Å². The summed E-state index contributed by atoms with van der Waals surface area (Å²) >= 11 is 0. The molecule has 0 aliphatic carbocycles.